The van der Waals surface area contributed by atoms with Gasteiger partial charge >= 0.3 is 0 Å². The summed E-state index contributed by atoms with van der Waals surface area (Å²) in [6.45, 7) is 7.25. The minimum Gasteiger partial charge on any atom is -0.385 e. The number of nitrogens with two attached hydrogens (primary N) is 1. The molecule has 0 aliphatic rings. The van der Waals surface area contributed by atoms with Crippen LogP contribution in [0, 0.1) is 0 Å². The second-order valence-electron chi connectivity index (χ2n) is 3.14. The van der Waals surface area contributed by atoms with Crippen molar-refractivity contribution in [3.8, 4) is 0 Å². The van der Waals surface area contributed by atoms with Crippen LogP contribution in [0.1, 0.15) is 26.8 Å². The maximum absolute atomic E-state index is 5.80. The van der Waals surface area contributed by atoms with Gasteiger partial charge in [-0.2, -0.15) is 0 Å². The average molecular weight is 167 g/mol. The highest BCUT2D eigenvalue weighted by Gasteiger charge is 2.06. The molecule has 12 heavy (non-hydrogen) atoms. The Morgan fingerprint density at radius 2 is 2.17 bits per heavy atom. The summed E-state index contributed by atoms with van der Waals surface area (Å²) < 4.78 is 2.09. The zero-order chi connectivity index (χ0) is 9.14. The highest BCUT2D eigenvalue weighted by molar-refractivity contribution is 5.49. The van der Waals surface area contributed by atoms with E-state index in [1.54, 1.807) is 0 Å². The van der Waals surface area contributed by atoms with Gasteiger partial charge in [0, 0.05) is 12.6 Å². The monoisotopic (exact) mass is 167 g/mol. The molecule has 0 aliphatic heterocycles. The molecular weight excluding hydrogens is 150 g/mol. The van der Waals surface area contributed by atoms with E-state index < -0.39 is 0 Å². The summed E-state index contributed by atoms with van der Waals surface area (Å²) in [5, 5.41) is 3.26. The number of aromatic nitrogens is 1. The van der Waals surface area contributed by atoms with Crippen molar-refractivity contribution in [2.45, 2.75) is 26.8 Å². The largest absolute Gasteiger partial charge is 0.385 e. The van der Waals surface area contributed by atoms with Crippen molar-refractivity contribution in [3.63, 3.8) is 0 Å². The molecule has 68 valence electrons. The van der Waals surface area contributed by atoms with Crippen LogP contribution in [0.4, 0.5) is 11.6 Å². The number of nitrogens with one attached hydrogen (secondary N) is 1. The van der Waals surface area contributed by atoms with Crippen molar-refractivity contribution in [2.75, 3.05) is 17.6 Å². The molecule has 3 nitrogen and oxygen atoms in total. The van der Waals surface area contributed by atoms with Gasteiger partial charge in [0.25, 0.3) is 0 Å². The van der Waals surface area contributed by atoms with Crippen molar-refractivity contribution < 1.29 is 0 Å². The van der Waals surface area contributed by atoms with Crippen LogP contribution in [-0.4, -0.2) is 11.1 Å². The van der Waals surface area contributed by atoms with Crippen LogP contribution in [0.25, 0.3) is 0 Å². The van der Waals surface area contributed by atoms with E-state index >= 15 is 0 Å². The lowest BCUT2D eigenvalue weighted by atomic mass is 10.4. The number of anilines is 2. The third-order valence-corrected chi connectivity index (χ3v) is 1.82. The van der Waals surface area contributed by atoms with E-state index in [9.17, 15) is 0 Å². The average Bonchev–Trinajstić information content (AvgIpc) is 2.32. The Hall–Kier alpha value is -1.12. The molecule has 0 amide bonds. The fourth-order valence-corrected chi connectivity index (χ4v) is 1.37. The third-order valence-electron chi connectivity index (χ3n) is 1.82. The van der Waals surface area contributed by atoms with Crippen LogP contribution in [0.15, 0.2) is 12.1 Å². The second kappa shape index (κ2) is 3.52. The van der Waals surface area contributed by atoms with Gasteiger partial charge in [-0.1, -0.05) is 0 Å². The van der Waals surface area contributed by atoms with Crippen LogP contribution in [0.3, 0.4) is 0 Å². The summed E-state index contributed by atoms with van der Waals surface area (Å²) in [6, 6.07) is 4.35. The molecule has 0 saturated carbocycles. The first-order chi connectivity index (χ1) is 5.66. The molecule has 3 heteroatoms. The van der Waals surface area contributed by atoms with Crippen molar-refractivity contribution in [1.82, 2.24) is 4.57 Å². The topological polar surface area (TPSA) is 43.0 Å². The zero-order valence-corrected chi connectivity index (χ0v) is 7.96. The molecule has 3 N–H and O–H groups in total. The quantitative estimate of drug-likeness (QED) is 0.723. The Labute approximate surface area is 73.6 Å². The van der Waals surface area contributed by atoms with Crippen LogP contribution < -0.4 is 11.1 Å². The highest BCUT2D eigenvalue weighted by atomic mass is 15.2. The van der Waals surface area contributed by atoms with Gasteiger partial charge in [0.05, 0.1) is 0 Å². The molecule has 0 saturated heterocycles. The first-order valence-electron chi connectivity index (χ1n) is 4.37. The second-order valence-corrected chi connectivity index (χ2v) is 3.14. The number of rotatable bonds is 3. The molecule has 0 aromatic carbocycles. The van der Waals surface area contributed by atoms with Crippen molar-refractivity contribution in [2.24, 2.45) is 0 Å². The maximum Gasteiger partial charge on any atom is 0.107 e. The highest BCUT2D eigenvalue weighted by Crippen LogP contribution is 2.21. The first kappa shape index (κ1) is 8.97. The van der Waals surface area contributed by atoms with E-state index in [4.69, 9.17) is 5.73 Å². The maximum atomic E-state index is 5.80. The van der Waals surface area contributed by atoms with Gasteiger partial charge in [-0.05, 0) is 32.9 Å². The Morgan fingerprint density at radius 1 is 1.50 bits per heavy atom. The fraction of sp³-hybridized carbons (Fsp3) is 0.556. The van der Waals surface area contributed by atoms with Crippen LogP contribution in [0.5, 0.6) is 0 Å². The summed E-state index contributed by atoms with van der Waals surface area (Å²) in [4.78, 5) is 0. The minimum atomic E-state index is 0.411. The molecular formula is C9H17N3. The summed E-state index contributed by atoms with van der Waals surface area (Å²) in [7, 11) is 0. The molecule has 0 atom stereocenters. The normalized spacial score (nSPS) is 10.7. The molecule has 0 unspecified atom stereocenters. The van der Waals surface area contributed by atoms with Gasteiger partial charge < -0.3 is 15.6 Å². The van der Waals surface area contributed by atoms with E-state index in [-0.39, 0.29) is 0 Å². The van der Waals surface area contributed by atoms with Gasteiger partial charge in [0.1, 0.15) is 11.6 Å². The standard InChI is InChI=1S/C9H17N3/c1-4-11-9-6-5-8(10)12(9)7(2)3/h5-7,11H,4,10H2,1-3H3. The SMILES string of the molecule is CCNc1ccc(N)n1C(C)C. The van der Waals surface area contributed by atoms with Gasteiger partial charge in [0.2, 0.25) is 0 Å². The minimum absolute atomic E-state index is 0.411. The van der Waals surface area contributed by atoms with Crippen molar-refractivity contribution in [1.29, 1.82) is 0 Å². The zero-order valence-electron chi connectivity index (χ0n) is 7.96. The summed E-state index contributed by atoms with van der Waals surface area (Å²) in [6.07, 6.45) is 0. The van der Waals surface area contributed by atoms with Gasteiger partial charge in [0.15, 0.2) is 0 Å². The lowest BCUT2D eigenvalue weighted by Crippen LogP contribution is -2.10. The van der Waals surface area contributed by atoms with Crippen LogP contribution >= 0.6 is 0 Å². The molecule has 0 spiro atoms. The Kier molecular flexibility index (Phi) is 2.63. The summed E-state index contributed by atoms with van der Waals surface area (Å²) >= 11 is 0. The van der Waals surface area contributed by atoms with Gasteiger partial charge in [-0.15, -0.1) is 0 Å². The first-order valence-corrected chi connectivity index (χ1v) is 4.37. The third kappa shape index (κ3) is 1.55. The van der Waals surface area contributed by atoms with E-state index in [0.29, 0.717) is 6.04 Å². The van der Waals surface area contributed by atoms with Crippen molar-refractivity contribution in [3.05, 3.63) is 12.1 Å². The van der Waals surface area contributed by atoms with E-state index in [1.165, 1.54) is 0 Å². The fourth-order valence-electron chi connectivity index (χ4n) is 1.37. The number of nitrogens with zero attached hydrogens (tertiary/aromatic N) is 1. The number of hydrogen-bond donors (Lipinski definition) is 2. The van der Waals surface area contributed by atoms with Crippen LogP contribution in [-0.2, 0) is 0 Å². The molecule has 1 aromatic rings. The molecule has 0 fully saturated rings. The Balaban J connectivity index is 2.95. The van der Waals surface area contributed by atoms with Crippen molar-refractivity contribution >= 4 is 11.6 Å². The summed E-state index contributed by atoms with van der Waals surface area (Å²) in [5.74, 6) is 1.92. The lowest BCUT2D eigenvalue weighted by Gasteiger charge is -2.15. The summed E-state index contributed by atoms with van der Waals surface area (Å²) in [5.41, 5.74) is 5.80. The Bertz CT molecular complexity index is 250. The molecule has 0 radical (unpaired) electrons. The van der Waals surface area contributed by atoms with Gasteiger partial charge in [-0.3, -0.25) is 0 Å². The molecule has 0 aliphatic carbocycles. The predicted molar refractivity (Wildman–Crippen MR) is 53.4 cm³/mol. The lowest BCUT2D eigenvalue weighted by molar-refractivity contribution is 0.617. The van der Waals surface area contributed by atoms with E-state index in [0.717, 1.165) is 18.2 Å². The molecule has 1 rings (SSSR count). The van der Waals surface area contributed by atoms with Crippen LogP contribution in [0.2, 0.25) is 0 Å². The van der Waals surface area contributed by atoms with Gasteiger partial charge in [-0.25, -0.2) is 0 Å². The molecule has 1 heterocycles. The molecule has 0 bridgehead atoms. The molecule has 1 aromatic heterocycles. The van der Waals surface area contributed by atoms with E-state index in [1.807, 2.05) is 12.1 Å². The smallest absolute Gasteiger partial charge is 0.107 e. The Morgan fingerprint density at radius 3 is 2.67 bits per heavy atom. The number of nitrogen functional groups attached to an aromatic ring is 1. The number of hydrogen-bond acceptors (Lipinski definition) is 2. The van der Waals surface area contributed by atoms with E-state index in [2.05, 4.69) is 30.7 Å². The predicted octanol–water partition coefficient (Wildman–Crippen LogP) is 2.08.